The number of amides is 2. The zero-order valence-corrected chi connectivity index (χ0v) is 21.1. The molecule has 0 saturated carbocycles. The molecule has 0 spiro atoms. The molecule has 1 atom stereocenters. The highest BCUT2D eigenvalue weighted by molar-refractivity contribution is 6.30. The fourth-order valence-corrected chi connectivity index (χ4v) is 4.02. The molecule has 0 aliphatic carbocycles. The van der Waals surface area contributed by atoms with Crippen molar-refractivity contribution < 1.29 is 9.59 Å². The summed E-state index contributed by atoms with van der Waals surface area (Å²) in [6.07, 6.45) is 0.623. The van der Waals surface area contributed by atoms with Crippen LogP contribution in [-0.2, 0) is 29.0 Å². The second kappa shape index (κ2) is 11.3. The maximum Gasteiger partial charge on any atom is 0.243 e. The van der Waals surface area contributed by atoms with Crippen molar-refractivity contribution in [3.8, 4) is 0 Å². The quantitative estimate of drug-likeness (QED) is 0.450. The Kier molecular flexibility index (Phi) is 8.51. The van der Waals surface area contributed by atoms with Gasteiger partial charge in [-0.1, -0.05) is 83.9 Å². The Morgan fingerprint density at radius 1 is 0.882 bits per heavy atom. The highest BCUT2D eigenvalue weighted by Gasteiger charge is 2.32. The monoisotopic (exact) mass is 476 g/mol. The van der Waals surface area contributed by atoms with Gasteiger partial charge >= 0.3 is 0 Å². The average molecular weight is 477 g/mol. The molecule has 0 aliphatic rings. The van der Waals surface area contributed by atoms with Gasteiger partial charge in [0.1, 0.15) is 6.04 Å². The Labute approximate surface area is 207 Å². The maximum atomic E-state index is 13.7. The maximum absolute atomic E-state index is 13.7. The second-order valence-corrected chi connectivity index (χ2v) is 10.2. The summed E-state index contributed by atoms with van der Waals surface area (Å²) >= 11 is 6.03. The van der Waals surface area contributed by atoms with Gasteiger partial charge in [0.15, 0.2) is 0 Å². The third kappa shape index (κ3) is 7.74. The third-order valence-electron chi connectivity index (χ3n) is 5.47. The van der Waals surface area contributed by atoms with E-state index in [1.165, 1.54) is 0 Å². The molecule has 0 bridgehead atoms. The number of carbonyl (C=O) groups is 2. The van der Waals surface area contributed by atoms with Crippen LogP contribution in [0.2, 0.25) is 5.02 Å². The molecule has 0 aromatic heterocycles. The van der Waals surface area contributed by atoms with Crippen LogP contribution in [0, 0.1) is 6.92 Å². The average Bonchev–Trinajstić information content (AvgIpc) is 2.77. The molecule has 1 N–H and O–H groups in total. The SMILES string of the molecule is Cc1cccc(CN(C(=O)Cc2ccc(Cl)cc2)[C@H](Cc2ccccc2)C(=O)NC(C)(C)C)c1. The van der Waals surface area contributed by atoms with Crippen molar-refractivity contribution in [1.82, 2.24) is 10.2 Å². The fourth-order valence-electron chi connectivity index (χ4n) is 3.89. The minimum absolute atomic E-state index is 0.103. The van der Waals surface area contributed by atoms with Crippen LogP contribution in [-0.4, -0.2) is 28.3 Å². The van der Waals surface area contributed by atoms with E-state index in [1.807, 2.05) is 88.4 Å². The van der Waals surface area contributed by atoms with Gasteiger partial charge in [-0.25, -0.2) is 0 Å². The third-order valence-corrected chi connectivity index (χ3v) is 5.73. The minimum atomic E-state index is -0.651. The predicted molar refractivity (Wildman–Crippen MR) is 139 cm³/mol. The van der Waals surface area contributed by atoms with Crippen molar-refractivity contribution in [3.63, 3.8) is 0 Å². The van der Waals surface area contributed by atoms with Crippen LogP contribution in [0.4, 0.5) is 0 Å². The molecular formula is C29H33ClN2O2. The summed E-state index contributed by atoms with van der Waals surface area (Å²) in [5.74, 6) is -0.262. The Balaban J connectivity index is 1.98. The van der Waals surface area contributed by atoms with Crippen molar-refractivity contribution >= 4 is 23.4 Å². The summed E-state index contributed by atoms with van der Waals surface area (Å²) in [7, 11) is 0. The molecule has 5 heteroatoms. The van der Waals surface area contributed by atoms with Crippen LogP contribution >= 0.6 is 11.6 Å². The molecule has 0 unspecified atom stereocenters. The van der Waals surface area contributed by atoms with Gasteiger partial charge in [0.2, 0.25) is 11.8 Å². The first-order valence-corrected chi connectivity index (χ1v) is 11.9. The van der Waals surface area contributed by atoms with Crippen molar-refractivity contribution in [2.45, 2.75) is 58.7 Å². The van der Waals surface area contributed by atoms with E-state index in [1.54, 1.807) is 17.0 Å². The van der Waals surface area contributed by atoms with Crippen molar-refractivity contribution in [2.24, 2.45) is 0 Å². The summed E-state index contributed by atoms with van der Waals surface area (Å²) in [6.45, 7) is 8.22. The van der Waals surface area contributed by atoms with Gasteiger partial charge in [0.25, 0.3) is 0 Å². The topological polar surface area (TPSA) is 49.4 Å². The van der Waals surface area contributed by atoms with Crippen LogP contribution in [0.5, 0.6) is 0 Å². The van der Waals surface area contributed by atoms with Gasteiger partial charge < -0.3 is 10.2 Å². The van der Waals surface area contributed by atoms with Crippen LogP contribution in [0.3, 0.4) is 0 Å². The molecule has 3 aromatic rings. The highest BCUT2D eigenvalue weighted by Crippen LogP contribution is 2.19. The van der Waals surface area contributed by atoms with Crippen LogP contribution in [0.15, 0.2) is 78.9 Å². The highest BCUT2D eigenvalue weighted by atomic mass is 35.5. The standard InChI is InChI=1S/C29H33ClN2O2/c1-21-9-8-12-24(17-21)20-32(27(33)19-23-13-15-25(30)16-14-23)26(28(34)31-29(2,3)4)18-22-10-6-5-7-11-22/h5-17,26H,18-20H2,1-4H3,(H,31,34)/t26-/m1/s1. The lowest BCUT2D eigenvalue weighted by Gasteiger charge is -2.34. The molecule has 0 fully saturated rings. The number of nitrogens with one attached hydrogen (secondary N) is 1. The van der Waals surface area contributed by atoms with E-state index in [4.69, 9.17) is 11.6 Å². The Morgan fingerprint density at radius 2 is 1.53 bits per heavy atom. The van der Waals surface area contributed by atoms with Crippen LogP contribution < -0.4 is 5.32 Å². The molecule has 178 valence electrons. The van der Waals surface area contributed by atoms with E-state index < -0.39 is 11.6 Å². The molecule has 34 heavy (non-hydrogen) atoms. The molecule has 0 radical (unpaired) electrons. The Morgan fingerprint density at radius 3 is 2.15 bits per heavy atom. The number of nitrogens with zero attached hydrogens (tertiary/aromatic N) is 1. The van der Waals surface area contributed by atoms with Gasteiger partial charge in [-0.3, -0.25) is 9.59 Å². The summed E-state index contributed by atoms with van der Waals surface area (Å²) in [5.41, 5.74) is 3.55. The number of hydrogen-bond donors (Lipinski definition) is 1. The summed E-state index contributed by atoms with van der Waals surface area (Å²) in [6, 6.07) is 24.5. The largest absolute Gasteiger partial charge is 0.350 e. The predicted octanol–water partition coefficient (Wildman–Crippen LogP) is 5.75. The molecule has 2 amide bonds. The number of benzene rings is 3. The number of carbonyl (C=O) groups excluding carboxylic acids is 2. The lowest BCUT2D eigenvalue weighted by atomic mass is 9.99. The summed E-state index contributed by atoms with van der Waals surface area (Å²) < 4.78 is 0. The lowest BCUT2D eigenvalue weighted by molar-refractivity contribution is -0.141. The second-order valence-electron chi connectivity index (χ2n) is 9.76. The first-order chi connectivity index (χ1) is 16.1. The van der Waals surface area contributed by atoms with Gasteiger partial charge in [-0.2, -0.15) is 0 Å². The van der Waals surface area contributed by atoms with Gasteiger partial charge in [0, 0.05) is 23.5 Å². The zero-order valence-electron chi connectivity index (χ0n) is 20.3. The first-order valence-electron chi connectivity index (χ1n) is 11.6. The zero-order chi connectivity index (χ0) is 24.7. The van der Waals surface area contributed by atoms with Crippen molar-refractivity contribution in [3.05, 3.63) is 106 Å². The molecule has 4 nitrogen and oxygen atoms in total. The van der Waals surface area contributed by atoms with E-state index in [2.05, 4.69) is 11.4 Å². The Hall–Kier alpha value is -3.11. The lowest BCUT2D eigenvalue weighted by Crippen LogP contribution is -2.54. The molecular weight excluding hydrogens is 444 g/mol. The number of halogens is 1. The molecule has 0 heterocycles. The van der Waals surface area contributed by atoms with E-state index in [-0.39, 0.29) is 18.2 Å². The van der Waals surface area contributed by atoms with E-state index >= 15 is 0 Å². The molecule has 0 saturated heterocycles. The van der Waals surface area contributed by atoms with E-state index in [0.29, 0.717) is 18.0 Å². The normalized spacial score (nSPS) is 12.1. The molecule has 3 rings (SSSR count). The summed E-state index contributed by atoms with van der Waals surface area (Å²) in [4.78, 5) is 29.0. The van der Waals surface area contributed by atoms with Gasteiger partial charge in [-0.05, 0) is 56.5 Å². The number of aryl methyl sites for hydroxylation is 1. The van der Waals surface area contributed by atoms with Crippen molar-refractivity contribution in [1.29, 1.82) is 0 Å². The first kappa shape index (κ1) is 25.5. The Bertz CT molecular complexity index is 1100. The summed E-state index contributed by atoms with van der Waals surface area (Å²) in [5, 5.41) is 3.72. The van der Waals surface area contributed by atoms with Gasteiger partial charge in [0.05, 0.1) is 6.42 Å². The fraction of sp³-hybridized carbons (Fsp3) is 0.310. The van der Waals surface area contributed by atoms with E-state index in [0.717, 1.165) is 22.3 Å². The minimum Gasteiger partial charge on any atom is -0.350 e. The smallest absolute Gasteiger partial charge is 0.243 e. The number of rotatable bonds is 8. The molecule has 3 aromatic carbocycles. The van der Waals surface area contributed by atoms with Crippen molar-refractivity contribution in [2.75, 3.05) is 0 Å². The van der Waals surface area contributed by atoms with Crippen LogP contribution in [0.25, 0.3) is 0 Å². The van der Waals surface area contributed by atoms with Crippen LogP contribution in [0.1, 0.15) is 43.0 Å². The van der Waals surface area contributed by atoms with E-state index in [9.17, 15) is 9.59 Å². The number of hydrogen-bond acceptors (Lipinski definition) is 2. The van der Waals surface area contributed by atoms with Gasteiger partial charge in [-0.15, -0.1) is 0 Å². The molecule has 0 aliphatic heterocycles.